The number of fused-ring (bicyclic) bond motifs is 2. The Kier molecular flexibility index (Phi) is 5.23. The molecule has 0 fully saturated rings. The fraction of sp³-hybridized carbons (Fsp3) is 0.200. The van der Waals surface area contributed by atoms with Gasteiger partial charge in [-0.05, 0) is 60.7 Å². The van der Waals surface area contributed by atoms with Crippen LogP contribution >= 0.6 is 15.9 Å². The Bertz CT molecular complexity index is 1200. The highest BCUT2D eigenvalue weighted by molar-refractivity contribution is 9.10. The van der Waals surface area contributed by atoms with Gasteiger partial charge in [-0.15, -0.1) is 0 Å². The summed E-state index contributed by atoms with van der Waals surface area (Å²) < 4.78 is 0.689. The first-order valence-corrected chi connectivity index (χ1v) is 11.3. The Labute approximate surface area is 194 Å². The second kappa shape index (κ2) is 8.07. The van der Waals surface area contributed by atoms with Gasteiger partial charge < -0.3 is 15.7 Å². The van der Waals surface area contributed by atoms with Gasteiger partial charge in [0.05, 0.1) is 11.7 Å². The number of carbonyl (C=O) groups excluding carboxylic acids is 2. The monoisotopic (exact) mass is 491 g/mol. The predicted octanol–water partition coefficient (Wildman–Crippen LogP) is 4.84. The molecule has 0 spiro atoms. The maximum Gasteiger partial charge on any atom is 0.329 e. The average molecular weight is 492 g/mol. The molecule has 3 aromatic rings. The van der Waals surface area contributed by atoms with Crippen molar-refractivity contribution in [2.45, 2.75) is 31.0 Å². The molecule has 0 radical (unpaired) electrons. The third kappa shape index (κ3) is 3.38. The lowest BCUT2D eigenvalue weighted by Gasteiger charge is -2.43. The molecule has 0 saturated carbocycles. The van der Waals surface area contributed by atoms with Crippen LogP contribution in [0.1, 0.15) is 35.6 Å². The fourth-order valence-electron chi connectivity index (χ4n) is 4.62. The van der Waals surface area contributed by atoms with Crippen molar-refractivity contribution < 1.29 is 14.7 Å². The summed E-state index contributed by atoms with van der Waals surface area (Å²) in [6.45, 7) is 0. The standard InChI is InChI=1S/C25H22BrN3O3/c26-17-13-14-22-20(15-17)25(32,29(24(31)28-22)18-9-2-1-3-10-18)23(30)27-21-12-6-8-16-7-4-5-11-19(16)21/h1-5,7,9-11,13-15,21,32H,6,8,12H2,(H,27,30)(H,28,31)/t21-,25+/m0/s1. The van der Waals surface area contributed by atoms with E-state index in [0.29, 0.717) is 21.4 Å². The van der Waals surface area contributed by atoms with Gasteiger partial charge >= 0.3 is 6.03 Å². The van der Waals surface area contributed by atoms with E-state index >= 15 is 0 Å². The number of benzene rings is 3. The van der Waals surface area contributed by atoms with Crippen LogP contribution in [0.2, 0.25) is 0 Å². The summed E-state index contributed by atoms with van der Waals surface area (Å²) in [5.41, 5.74) is 1.13. The van der Waals surface area contributed by atoms with Gasteiger partial charge in [-0.2, -0.15) is 0 Å². The van der Waals surface area contributed by atoms with E-state index in [1.165, 1.54) is 5.56 Å². The second-order valence-electron chi connectivity index (χ2n) is 8.08. The molecule has 1 heterocycles. The van der Waals surface area contributed by atoms with E-state index in [1.807, 2.05) is 24.3 Å². The zero-order chi connectivity index (χ0) is 22.3. The van der Waals surface area contributed by atoms with Gasteiger partial charge in [-0.25, -0.2) is 4.79 Å². The Morgan fingerprint density at radius 3 is 2.66 bits per heavy atom. The molecular weight excluding hydrogens is 470 g/mol. The van der Waals surface area contributed by atoms with Crippen LogP contribution in [-0.4, -0.2) is 17.0 Å². The minimum atomic E-state index is -2.23. The van der Waals surface area contributed by atoms with E-state index in [2.05, 4.69) is 32.6 Å². The van der Waals surface area contributed by atoms with E-state index in [1.54, 1.807) is 42.5 Å². The number of anilines is 2. The molecule has 6 nitrogen and oxygen atoms in total. The summed E-state index contributed by atoms with van der Waals surface area (Å²) in [7, 11) is 0. The molecule has 1 aliphatic heterocycles. The summed E-state index contributed by atoms with van der Waals surface area (Å²) in [6, 6.07) is 21.0. The Hall–Kier alpha value is -3.16. The SMILES string of the molecule is O=C1Nc2ccc(Br)cc2[C@@](O)(C(=O)N[C@H]2CCCc3ccccc32)N1c1ccccc1. The van der Waals surface area contributed by atoms with Crippen LogP contribution in [0.25, 0.3) is 0 Å². The molecule has 0 unspecified atom stereocenters. The van der Waals surface area contributed by atoms with Crippen LogP contribution < -0.4 is 15.5 Å². The normalized spacial score (nSPS) is 21.9. The number of para-hydroxylation sites is 1. The molecule has 3 N–H and O–H groups in total. The summed E-state index contributed by atoms with van der Waals surface area (Å²) in [6.07, 6.45) is 2.66. The topological polar surface area (TPSA) is 81.7 Å². The fourth-order valence-corrected chi connectivity index (χ4v) is 4.98. The zero-order valence-corrected chi connectivity index (χ0v) is 18.8. The van der Waals surface area contributed by atoms with Crippen molar-refractivity contribution in [3.63, 3.8) is 0 Å². The molecule has 2 atom stereocenters. The van der Waals surface area contributed by atoms with Crippen molar-refractivity contribution >= 4 is 39.2 Å². The van der Waals surface area contributed by atoms with Crippen LogP contribution in [0, 0.1) is 0 Å². The van der Waals surface area contributed by atoms with Crippen LogP contribution in [-0.2, 0) is 16.9 Å². The van der Waals surface area contributed by atoms with E-state index in [9.17, 15) is 14.7 Å². The first-order valence-electron chi connectivity index (χ1n) is 10.6. The summed E-state index contributed by atoms with van der Waals surface area (Å²) in [4.78, 5) is 28.0. The molecular formula is C25H22BrN3O3. The first kappa shape index (κ1) is 20.7. The molecule has 0 aromatic heterocycles. The van der Waals surface area contributed by atoms with Crippen LogP contribution in [0.15, 0.2) is 77.3 Å². The summed E-state index contributed by atoms with van der Waals surface area (Å²) in [5.74, 6) is -0.641. The number of carbonyl (C=O) groups is 2. The Morgan fingerprint density at radius 1 is 1.09 bits per heavy atom. The van der Waals surface area contributed by atoms with E-state index < -0.39 is 17.7 Å². The van der Waals surface area contributed by atoms with Gasteiger partial charge in [0.25, 0.3) is 11.6 Å². The second-order valence-corrected chi connectivity index (χ2v) is 9.00. The van der Waals surface area contributed by atoms with Crippen LogP contribution in [0.4, 0.5) is 16.2 Å². The van der Waals surface area contributed by atoms with Crippen LogP contribution in [0.3, 0.4) is 0 Å². The van der Waals surface area contributed by atoms with E-state index in [0.717, 1.165) is 29.7 Å². The number of amides is 3. The van der Waals surface area contributed by atoms with Gasteiger partial charge in [0.2, 0.25) is 0 Å². The average Bonchev–Trinajstić information content (AvgIpc) is 2.80. The summed E-state index contributed by atoms with van der Waals surface area (Å²) >= 11 is 3.43. The molecule has 0 saturated heterocycles. The number of aryl methyl sites for hydroxylation is 1. The number of aliphatic hydroxyl groups is 1. The minimum Gasteiger partial charge on any atom is -0.359 e. The third-order valence-corrected chi connectivity index (χ3v) is 6.62. The lowest BCUT2D eigenvalue weighted by Crippen LogP contribution is -2.63. The highest BCUT2D eigenvalue weighted by Crippen LogP contribution is 2.41. The van der Waals surface area contributed by atoms with Crippen molar-refractivity contribution in [2.24, 2.45) is 0 Å². The lowest BCUT2D eigenvalue weighted by molar-refractivity contribution is -0.141. The number of rotatable bonds is 3. The number of hydrogen-bond acceptors (Lipinski definition) is 3. The molecule has 32 heavy (non-hydrogen) atoms. The highest BCUT2D eigenvalue weighted by atomic mass is 79.9. The molecule has 3 aromatic carbocycles. The molecule has 0 bridgehead atoms. The Morgan fingerprint density at radius 2 is 1.84 bits per heavy atom. The number of halogens is 1. The summed E-state index contributed by atoms with van der Waals surface area (Å²) in [5, 5.41) is 17.8. The van der Waals surface area contributed by atoms with E-state index in [-0.39, 0.29) is 6.04 Å². The van der Waals surface area contributed by atoms with Crippen molar-refractivity contribution in [3.8, 4) is 0 Å². The maximum atomic E-state index is 13.8. The Balaban J connectivity index is 1.61. The lowest BCUT2D eigenvalue weighted by atomic mass is 9.87. The molecule has 162 valence electrons. The number of nitrogens with one attached hydrogen (secondary N) is 2. The maximum absolute atomic E-state index is 13.8. The first-order chi connectivity index (χ1) is 15.5. The van der Waals surface area contributed by atoms with E-state index in [4.69, 9.17) is 0 Å². The van der Waals surface area contributed by atoms with Crippen molar-refractivity contribution in [2.75, 3.05) is 10.2 Å². The highest BCUT2D eigenvalue weighted by Gasteiger charge is 2.52. The quantitative estimate of drug-likeness (QED) is 0.490. The van der Waals surface area contributed by atoms with Crippen molar-refractivity contribution in [1.82, 2.24) is 5.32 Å². The number of urea groups is 1. The molecule has 7 heteroatoms. The molecule has 3 amide bonds. The number of hydrogen-bond donors (Lipinski definition) is 3. The minimum absolute atomic E-state index is 0.241. The van der Waals surface area contributed by atoms with Gasteiger partial charge in [-0.3, -0.25) is 9.69 Å². The third-order valence-electron chi connectivity index (χ3n) is 6.13. The van der Waals surface area contributed by atoms with Crippen molar-refractivity contribution in [1.29, 1.82) is 0 Å². The predicted molar refractivity (Wildman–Crippen MR) is 126 cm³/mol. The zero-order valence-electron chi connectivity index (χ0n) is 17.2. The van der Waals surface area contributed by atoms with Crippen LogP contribution in [0.5, 0.6) is 0 Å². The molecule has 2 aliphatic rings. The van der Waals surface area contributed by atoms with Gasteiger partial charge in [0.15, 0.2) is 0 Å². The number of nitrogens with zero attached hydrogens (tertiary/aromatic N) is 1. The van der Waals surface area contributed by atoms with Crippen molar-refractivity contribution in [3.05, 3.63) is 94.0 Å². The molecule has 1 aliphatic carbocycles. The smallest absolute Gasteiger partial charge is 0.329 e. The largest absolute Gasteiger partial charge is 0.359 e. The molecule has 5 rings (SSSR count). The van der Waals surface area contributed by atoms with Gasteiger partial charge in [-0.1, -0.05) is 58.4 Å². The van der Waals surface area contributed by atoms with Gasteiger partial charge in [0.1, 0.15) is 0 Å². The van der Waals surface area contributed by atoms with Gasteiger partial charge in [0, 0.05) is 15.7 Å².